The monoisotopic (exact) mass is 359 g/mol. The van der Waals surface area contributed by atoms with Crippen molar-refractivity contribution < 1.29 is 4.74 Å². The van der Waals surface area contributed by atoms with Gasteiger partial charge in [-0.2, -0.15) is 0 Å². The Morgan fingerprint density at radius 2 is 2.16 bits per heavy atom. The van der Waals surface area contributed by atoms with Crippen LogP contribution in [-0.2, 0) is 0 Å². The number of hydrogen-bond donors (Lipinski definition) is 1. The molecule has 0 bridgehead atoms. The minimum Gasteiger partial charge on any atom is -0.495 e. The van der Waals surface area contributed by atoms with Gasteiger partial charge in [-0.1, -0.05) is 24.6 Å². The van der Waals surface area contributed by atoms with E-state index in [9.17, 15) is 0 Å². The maximum atomic E-state index is 6.21. The van der Waals surface area contributed by atoms with Gasteiger partial charge in [0.2, 0.25) is 0 Å². The Hall–Kier alpha value is -0.550. The first kappa shape index (κ1) is 14.9. The SMILES string of the molecule is CCNC(c1ccc(OC)c(Cl)c1)c1ccc(Br)s1. The molecule has 2 aromatic rings. The molecule has 102 valence electrons. The lowest BCUT2D eigenvalue weighted by atomic mass is 10.1. The average molecular weight is 361 g/mol. The van der Waals surface area contributed by atoms with Crippen LogP contribution in [0.3, 0.4) is 0 Å². The lowest BCUT2D eigenvalue weighted by molar-refractivity contribution is 0.414. The molecule has 19 heavy (non-hydrogen) atoms. The van der Waals surface area contributed by atoms with Gasteiger partial charge in [-0.15, -0.1) is 11.3 Å². The molecule has 1 aromatic heterocycles. The van der Waals surface area contributed by atoms with Gasteiger partial charge in [0, 0.05) is 4.88 Å². The highest BCUT2D eigenvalue weighted by atomic mass is 79.9. The van der Waals surface area contributed by atoms with E-state index in [0.717, 1.165) is 15.9 Å². The molecule has 1 heterocycles. The van der Waals surface area contributed by atoms with Crippen molar-refractivity contribution in [2.45, 2.75) is 13.0 Å². The van der Waals surface area contributed by atoms with Crippen molar-refractivity contribution in [1.82, 2.24) is 5.32 Å². The van der Waals surface area contributed by atoms with Crippen LogP contribution in [0, 0.1) is 0 Å². The molecule has 0 aliphatic carbocycles. The molecule has 0 aliphatic heterocycles. The Morgan fingerprint density at radius 1 is 1.37 bits per heavy atom. The van der Waals surface area contributed by atoms with Crippen molar-refractivity contribution in [3.63, 3.8) is 0 Å². The summed E-state index contributed by atoms with van der Waals surface area (Å²) in [5, 5.41) is 4.12. The molecular formula is C14H15BrClNOS. The quantitative estimate of drug-likeness (QED) is 0.821. The van der Waals surface area contributed by atoms with Crippen LogP contribution in [0.1, 0.15) is 23.4 Å². The summed E-state index contributed by atoms with van der Waals surface area (Å²) in [5.74, 6) is 0.702. The van der Waals surface area contributed by atoms with Crippen LogP contribution in [0.15, 0.2) is 34.1 Å². The van der Waals surface area contributed by atoms with E-state index < -0.39 is 0 Å². The van der Waals surface area contributed by atoms with E-state index in [1.54, 1.807) is 18.4 Å². The fraction of sp³-hybridized carbons (Fsp3) is 0.286. The van der Waals surface area contributed by atoms with Crippen molar-refractivity contribution >= 4 is 38.9 Å². The first-order chi connectivity index (χ1) is 9.15. The minimum atomic E-state index is 0.157. The molecular weight excluding hydrogens is 346 g/mol. The summed E-state index contributed by atoms with van der Waals surface area (Å²) in [6.07, 6.45) is 0. The molecule has 0 aliphatic rings. The summed E-state index contributed by atoms with van der Waals surface area (Å²) in [4.78, 5) is 1.26. The molecule has 1 N–H and O–H groups in total. The minimum absolute atomic E-state index is 0.157. The van der Waals surface area contributed by atoms with Gasteiger partial charge in [-0.3, -0.25) is 0 Å². The molecule has 0 saturated heterocycles. The van der Waals surface area contributed by atoms with E-state index in [-0.39, 0.29) is 6.04 Å². The van der Waals surface area contributed by atoms with Gasteiger partial charge >= 0.3 is 0 Å². The van der Waals surface area contributed by atoms with E-state index >= 15 is 0 Å². The van der Waals surface area contributed by atoms with Crippen molar-refractivity contribution in [1.29, 1.82) is 0 Å². The lowest BCUT2D eigenvalue weighted by Crippen LogP contribution is -2.21. The Bertz CT molecular complexity index is 558. The average Bonchev–Trinajstić information content (AvgIpc) is 2.82. The van der Waals surface area contributed by atoms with Gasteiger partial charge in [-0.25, -0.2) is 0 Å². The number of hydrogen-bond acceptors (Lipinski definition) is 3. The number of thiophene rings is 1. The van der Waals surface area contributed by atoms with E-state index in [1.807, 2.05) is 18.2 Å². The molecule has 0 spiro atoms. The fourth-order valence-corrected chi connectivity index (χ4v) is 3.73. The molecule has 1 atom stereocenters. The molecule has 0 radical (unpaired) electrons. The second-order valence-corrected chi connectivity index (χ2v) is 6.93. The summed E-state index contributed by atoms with van der Waals surface area (Å²) in [6, 6.07) is 10.3. The van der Waals surface area contributed by atoms with Gasteiger partial charge in [0.05, 0.1) is 22.0 Å². The third kappa shape index (κ3) is 3.51. The van der Waals surface area contributed by atoms with Crippen molar-refractivity contribution in [2.75, 3.05) is 13.7 Å². The smallest absolute Gasteiger partial charge is 0.137 e. The highest BCUT2D eigenvalue weighted by Crippen LogP contribution is 2.34. The largest absolute Gasteiger partial charge is 0.495 e. The summed E-state index contributed by atoms with van der Waals surface area (Å²) < 4.78 is 6.32. The second kappa shape index (κ2) is 6.75. The molecule has 0 fully saturated rings. The number of halogens is 2. The molecule has 0 saturated carbocycles. The van der Waals surface area contributed by atoms with E-state index in [4.69, 9.17) is 16.3 Å². The van der Waals surface area contributed by atoms with E-state index in [0.29, 0.717) is 10.8 Å². The zero-order valence-electron chi connectivity index (χ0n) is 10.7. The predicted molar refractivity (Wildman–Crippen MR) is 85.5 cm³/mol. The first-order valence-electron chi connectivity index (χ1n) is 5.97. The van der Waals surface area contributed by atoms with Crippen LogP contribution in [0.5, 0.6) is 5.75 Å². The lowest BCUT2D eigenvalue weighted by Gasteiger charge is -2.18. The van der Waals surface area contributed by atoms with Crippen LogP contribution in [0.2, 0.25) is 5.02 Å². The Kier molecular flexibility index (Phi) is 5.28. The number of ether oxygens (including phenoxy) is 1. The fourth-order valence-electron chi connectivity index (χ4n) is 1.93. The van der Waals surface area contributed by atoms with Crippen molar-refractivity contribution in [3.8, 4) is 5.75 Å². The third-order valence-electron chi connectivity index (χ3n) is 2.80. The first-order valence-corrected chi connectivity index (χ1v) is 7.96. The maximum absolute atomic E-state index is 6.21. The second-order valence-electron chi connectivity index (χ2n) is 4.03. The molecule has 0 amide bonds. The Morgan fingerprint density at radius 3 is 2.68 bits per heavy atom. The van der Waals surface area contributed by atoms with Crippen LogP contribution < -0.4 is 10.1 Å². The number of benzene rings is 1. The zero-order valence-corrected chi connectivity index (χ0v) is 13.9. The molecule has 1 aromatic carbocycles. The van der Waals surface area contributed by atoms with Crippen molar-refractivity contribution in [3.05, 3.63) is 49.6 Å². The van der Waals surface area contributed by atoms with E-state index in [1.165, 1.54) is 4.88 Å². The molecule has 1 unspecified atom stereocenters. The van der Waals surface area contributed by atoms with Crippen LogP contribution >= 0.6 is 38.9 Å². The van der Waals surface area contributed by atoms with Gasteiger partial charge in [0.1, 0.15) is 5.75 Å². The summed E-state index contributed by atoms with van der Waals surface area (Å²) in [7, 11) is 1.62. The van der Waals surface area contributed by atoms with Crippen LogP contribution in [0.4, 0.5) is 0 Å². The topological polar surface area (TPSA) is 21.3 Å². The van der Waals surface area contributed by atoms with Gasteiger partial charge < -0.3 is 10.1 Å². The van der Waals surface area contributed by atoms with Gasteiger partial charge in [0.25, 0.3) is 0 Å². The molecule has 5 heteroatoms. The predicted octanol–water partition coefficient (Wildman–Crippen LogP) is 4.87. The summed E-state index contributed by atoms with van der Waals surface area (Å²) in [6.45, 7) is 2.99. The summed E-state index contributed by atoms with van der Waals surface area (Å²) >= 11 is 11.4. The van der Waals surface area contributed by atoms with E-state index in [2.05, 4.69) is 40.3 Å². The molecule has 2 nitrogen and oxygen atoms in total. The van der Waals surface area contributed by atoms with Crippen LogP contribution in [0.25, 0.3) is 0 Å². The van der Waals surface area contributed by atoms with Gasteiger partial charge in [-0.05, 0) is 52.3 Å². The van der Waals surface area contributed by atoms with Crippen LogP contribution in [-0.4, -0.2) is 13.7 Å². The third-order valence-corrected chi connectivity index (χ3v) is 4.78. The standard InChI is InChI=1S/C14H15BrClNOS/c1-3-17-14(12-6-7-13(15)19-12)9-4-5-11(18-2)10(16)8-9/h4-8,14,17H,3H2,1-2H3. The highest BCUT2D eigenvalue weighted by molar-refractivity contribution is 9.11. The zero-order chi connectivity index (χ0) is 13.8. The Balaban J connectivity index is 2.36. The highest BCUT2D eigenvalue weighted by Gasteiger charge is 2.16. The maximum Gasteiger partial charge on any atom is 0.137 e. The number of rotatable bonds is 5. The number of nitrogens with one attached hydrogen (secondary N) is 1. The molecule has 2 rings (SSSR count). The Labute approximate surface area is 130 Å². The van der Waals surface area contributed by atoms with Gasteiger partial charge in [0.15, 0.2) is 0 Å². The van der Waals surface area contributed by atoms with Crippen molar-refractivity contribution in [2.24, 2.45) is 0 Å². The summed E-state index contributed by atoms with van der Waals surface area (Å²) in [5.41, 5.74) is 1.14. The number of methoxy groups -OCH3 is 1. The normalized spacial score (nSPS) is 12.4.